The molecule has 0 spiro atoms. The van der Waals surface area contributed by atoms with E-state index in [4.69, 9.17) is 9.47 Å². The molecule has 2 aromatic carbocycles. The van der Waals surface area contributed by atoms with E-state index < -0.39 is 6.04 Å². The van der Waals surface area contributed by atoms with Crippen LogP contribution >= 0.6 is 0 Å². The topological polar surface area (TPSA) is 78.3 Å². The highest BCUT2D eigenvalue weighted by Gasteiger charge is 2.23. The number of carbonyl (C=O) groups excluding carboxylic acids is 1. The Hall–Kier alpha value is -3.87. The Kier molecular flexibility index (Phi) is 5.34. The van der Waals surface area contributed by atoms with E-state index in [1.165, 1.54) is 0 Å². The van der Waals surface area contributed by atoms with Crippen LogP contribution in [-0.4, -0.2) is 34.7 Å². The van der Waals surface area contributed by atoms with Gasteiger partial charge in [-0.1, -0.05) is 30.3 Å². The number of hydrogen-bond acceptors (Lipinski definition) is 5. The van der Waals surface area contributed by atoms with Gasteiger partial charge in [-0.05, 0) is 35.2 Å². The average Bonchev–Trinajstić information content (AvgIpc) is 3.21. The van der Waals surface area contributed by atoms with Crippen LogP contribution in [0.4, 0.5) is 0 Å². The van der Waals surface area contributed by atoms with Crippen LogP contribution in [0.2, 0.25) is 0 Å². The third-order valence-electron chi connectivity index (χ3n) is 4.95. The quantitative estimate of drug-likeness (QED) is 0.534. The second kappa shape index (κ2) is 8.24. The second-order valence-corrected chi connectivity index (χ2v) is 6.82. The molecule has 30 heavy (non-hydrogen) atoms. The van der Waals surface area contributed by atoms with Crippen LogP contribution in [-0.2, 0) is 7.05 Å². The van der Waals surface area contributed by atoms with Crippen LogP contribution in [0.25, 0.3) is 10.8 Å². The minimum atomic E-state index is -0.480. The summed E-state index contributed by atoms with van der Waals surface area (Å²) in [6.07, 6.45) is 3.54. The average molecular weight is 402 g/mol. The van der Waals surface area contributed by atoms with Crippen molar-refractivity contribution < 1.29 is 14.3 Å². The van der Waals surface area contributed by atoms with Gasteiger partial charge in [0.15, 0.2) is 0 Å². The molecule has 0 aliphatic heterocycles. The summed E-state index contributed by atoms with van der Waals surface area (Å²) in [6.45, 7) is 0. The highest BCUT2D eigenvalue weighted by molar-refractivity contribution is 5.98. The summed E-state index contributed by atoms with van der Waals surface area (Å²) in [7, 11) is 5.04. The zero-order valence-electron chi connectivity index (χ0n) is 17.0. The molecule has 2 aromatic heterocycles. The Morgan fingerprint density at radius 2 is 1.90 bits per heavy atom. The summed E-state index contributed by atoms with van der Waals surface area (Å²) < 4.78 is 12.6. The fraction of sp³-hybridized carbons (Fsp3) is 0.174. The van der Waals surface area contributed by atoms with Crippen molar-refractivity contribution in [1.82, 2.24) is 19.9 Å². The van der Waals surface area contributed by atoms with Crippen LogP contribution in [0.1, 0.15) is 27.9 Å². The molecular formula is C23H22N4O3. The lowest BCUT2D eigenvalue weighted by molar-refractivity contribution is 0.0935. The van der Waals surface area contributed by atoms with Crippen molar-refractivity contribution in [2.24, 2.45) is 7.05 Å². The molecule has 4 aromatic rings. The molecule has 0 radical (unpaired) electrons. The number of nitrogens with zero attached hydrogens (tertiary/aromatic N) is 3. The van der Waals surface area contributed by atoms with E-state index in [-0.39, 0.29) is 11.6 Å². The molecule has 0 unspecified atom stereocenters. The lowest BCUT2D eigenvalue weighted by atomic mass is 10.0. The van der Waals surface area contributed by atoms with Crippen molar-refractivity contribution in [2.45, 2.75) is 6.04 Å². The number of imidazole rings is 1. The smallest absolute Gasteiger partial charge is 0.270 e. The molecule has 152 valence electrons. The van der Waals surface area contributed by atoms with Crippen LogP contribution in [0, 0.1) is 0 Å². The highest BCUT2D eigenvalue weighted by Crippen LogP contribution is 2.27. The van der Waals surface area contributed by atoms with Crippen molar-refractivity contribution >= 4 is 16.7 Å². The zero-order valence-corrected chi connectivity index (χ0v) is 17.0. The fourth-order valence-electron chi connectivity index (χ4n) is 3.42. The number of fused-ring (bicyclic) bond motifs is 1. The summed E-state index contributed by atoms with van der Waals surface area (Å²) in [6, 6.07) is 16.5. The van der Waals surface area contributed by atoms with E-state index in [2.05, 4.69) is 15.3 Å². The zero-order chi connectivity index (χ0) is 21.1. The van der Waals surface area contributed by atoms with E-state index in [0.717, 1.165) is 16.3 Å². The molecule has 1 N–H and O–H groups in total. The Balaban J connectivity index is 1.74. The van der Waals surface area contributed by atoms with Crippen LogP contribution in [0.5, 0.6) is 11.6 Å². The minimum absolute atomic E-state index is 0.271. The molecule has 0 fully saturated rings. The van der Waals surface area contributed by atoms with Gasteiger partial charge in [0.2, 0.25) is 5.88 Å². The molecule has 0 bridgehead atoms. The first-order valence-electron chi connectivity index (χ1n) is 9.46. The summed E-state index contributed by atoms with van der Waals surface area (Å²) in [5, 5.41) is 4.80. The first-order chi connectivity index (χ1) is 14.6. The van der Waals surface area contributed by atoms with Crippen molar-refractivity contribution in [1.29, 1.82) is 0 Å². The lowest BCUT2D eigenvalue weighted by Crippen LogP contribution is -2.31. The molecule has 4 rings (SSSR count). The third kappa shape index (κ3) is 3.69. The molecule has 0 saturated carbocycles. The van der Waals surface area contributed by atoms with Gasteiger partial charge in [0.25, 0.3) is 5.91 Å². The predicted octanol–water partition coefficient (Wildman–Crippen LogP) is 3.50. The maximum absolute atomic E-state index is 13.2. The van der Waals surface area contributed by atoms with Gasteiger partial charge in [0, 0.05) is 24.8 Å². The number of amides is 1. The van der Waals surface area contributed by atoms with E-state index >= 15 is 0 Å². The van der Waals surface area contributed by atoms with Crippen molar-refractivity contribution in [3.63, 3.8) is 0 Å². The normalized spacial score (nSPS) is 11.8. The minimum Gasteiger partial charge on any atom is -0.497 e. The number of ether oxygens (including phenoxy) is 2. The Bertz CT molecular complexity index is 1200. The maximum Gasteiger partial charge on any atom is 0.270 e. The number of methoxy groups -OCH3 is 2. The van der Waals surface area contributed by atoms with E-state index in [1.807, 2.05) is 66.3 Å². The summed E-state index contributed by atoms with van der Waals surface area (Å²) >= 11 is 0. The van der Waals surface area contributed by atoms with Gasteiger partial charge in [-0.3, -0.25) is 4.79 Å². The standard InChI is InChI=1S/C23H22N4O3/c1-27-12-11-24-21(27)20(16-8-6-9-17(13-16)29-2)26-22(28)19-14-15-7-4-5-10-18(15)23(25-19)30-3/h4-14,20H,1-3H3,(H,26,28)/t20-/m0/s1. The molecule has 1 atom stereocenters. The van der Waals surface area contributed by atoms with Gasteiger partial charge in [-0.15, -0.1) is 0 Å². The Morgan fingerprint density at radius 1 is 1.07 bits per heavy atom. The monoisotopic (exact) mass is 402 g/mol. The van der Waals surface area contributed by atoms with Gasteiger partial charge < -0.3 is 19.4 Å². The molecular weight excluding hydrogens is 380 g/mol. The van der Waals surface area contributed by atoms with Crippen molar-refractivity contribution in [2.75, 3.05) is 14.2 Å². The SMILES string of the molecule is COc1cccc([C@H](NC(=O)c2cc3ccccc3c(OC)n2)c2nccn2C)c1. The van der Waals surface area contributed by atoms with Gasteiger partial charge in [0.05, 0.1) is 14.2 Å². The van der Waals surface area contributed by atoms with Crippen molar-refractivity contribution in [3.8, 4) is 11.6 Å². The predicted molar refractivity (Wildman–Crippen MR) is 114 cm³/mol. The Labute approximate surface area is 174 Å². The first-order valence-corrected chi connectivity index (χ1v) is 9.46. The van der Waals surface area contributed by atoms with Gasteiger partial charge in [-0.25, -0.2) is 9.97 Å². The molecule has 0 aliphatic carbocycles. The largest absolute Gasteiger partial charge is 0.497 e. The second-order valence-electron chi connectivity index (χ2n) is 6.82. The van der Waals surface area contributed by atoms with Crippen molar-refractivity contribution in [3.05, 3.63) is 84.1 Å². The summed E-state index contributed by atoms with van der Waals surface area (Å²) in [5.41, 5.74) is 1.12. The molecule has 7 heteroatoms. The number of benzene rings is 2. The van der Waals surface area contributed by atoms with E-state index in [0.29, 0.717) is 17.5 Å². The number of nitrogens with one attached hydrogen (secondary N) is 1. The molecule has 0 aliphatic rings. The van der Waals surface area contributed by atoms with E-state index in [1.54, 1.807) is 26.5 Å². The van der Waals surface area contributed by atoms with Gasteiger partial charge in [0.1, 0.15) is 23.3 Å². The molecule has 7 nitrogen and oxygen atoms in total. The molecule has 1 amide bonds. The Morgan fingerprint density at radius 3 is 2.63 bits per heavy atom. The highest BCUT2D eigenvalue weighted by atomic mass is 16.5. The number of hydrogen-bond donors (Lipinski definition) is 1. The van der Waals surface area contributed by atoms with Crippen LogP contribution in [0.3, 0.4) is 0 Å². The fourth-order valence-corrected chi connectivity index (χ4v) is 3.42. The van der Waals surface area contributed by atoms with Gasteiger partial charge in [-0.2, -0.15) is 0 Å². The first kappa shape index (κ1) is 19.4. The summed E-state index contributed by atoms with van der Waals surface area (Å²) in [5.74, 6) is 1.49. The molecule has 2 heterocycles. The van der Waals surface area contributed by atoms with Crippen LogP contribution in [0.15, 0.2) is 67.0 Å². The van der Waals surface area contributed by atoms with Gasteiger partial charge >= 0.3 is 0 Å². The number of carbonyl (C=O) groups is 1. The van der Waals surface area contributed by atoms with E-state index in [9.17, 15) is 4.79 Å². The third-order valence-corrected chi connectivity index (χ3v) is 4.95. The number of pyridine rings is 1. The maximum atomic E-state index is 13.2. The van der Waals surface area contributed by atoms with Crippen LogP contribution < -0.4 is 14.8 Å². The summed E-state index contributed by atoms with van der Waals surface area (Å²) in [4.78, 5) is 22.1. The molecule has 0 saturated heterocycles. The number of aryl methyl sites for hydroxylation is 1. The number of aromatic nitrogens is 3. The lowest BCUT2D eigenvalue weighted by Gasteiger charge is -2.20. The number of rotatable bonds is 6.